The smallest absolute Gasteiger partial charge is 0.302 e. The van der Waals surface area contributed by atoms with Gasteiger partial charge in [0.2, 0.25) is 5.91 Å². The van der Waals surface area contributed by atoms with Gasteiger partial charge in [-0.1, -0.05) is 54.9 Å². The Labute approximate surface area is 286 Å². The van der Waals surface area contributed by atoms with E-state index in [0.717, 1.165) is 25.8 Å². The maximum Gasteiger partial charge on any atom is 0.302 e. The molecular weight excluding hydrogens is 600 g/mol. The molecular formula is C37H72N2O8. The average molecular weight is 673 g/mol. The number of nitrogens with two attached hydrogens (primary N) is 1. The number of rotatable bonds is 20. The zero-order chi connectivity index (χ0) is 36.5. The highest BCUT2D eigenvalue weighted by Gasteiger charge is 2.51. The van der Waals surface area contributed by atoms with Crippen LogP contribution in [0.15, 0.2) is 0 Å². The number of ether oxygens (including phenoxy) is 4. The van der Waals surface area contributed by atoms with Crippen molar-refractivity contribution < 1.29 is 38.7 Å². The topological polar surface area (TPSA) is 141 Å². The lowest BCUT2D eigenvalue weighted by atomic mass is 9.62. The lowest BCUT2D eigenvalue weighted by Gasteiger charge is -2.52. The summed E-state index contributed by atoms with van der Waals surface area (Å²) in [6, 6.07) is -0.0455. The number of aliphatic hydroxyl groups excluding tert-OH is 2. The predicted molar refractivity (Wildman–Crippen MR) is 187 cm³/mol. The second-order valence-corrected chi connectivity index (χ2v) is 17.6. The third-order valence-electron chi connectivity index (χ3n) is 10.2. The molecule has 0 bridgehead atoms. The van der Waals surface area contributed by atoms with Gasteiger partial charge in [-0.3, -0.25) is 9.59 Å². The van der Waals surface area contributed by atoms with Gasteiger partial charge in [0.05, 0.1) is 49.3 Å². The summed E-state index contributed by atoms with van der Waals surface area (Å²) in [5.74, 6) is -0.217. The highest BCUT2D eigenvalue weighted by Crippen LogP contribution is 2.46. The molecule has 1 amide bonds. The van der Waals surface area contributed by atoms with Crippen LogP contribution >= 0.6 is 0 Å². The third-order valence-corrected chi connectivity index (χ3v) is 10.2. The van der Waals surface area contributed by atoms with Gasteiger partial charge in [-0.15, -0.1) is 0 Å². The van der Waals surface area contributed by atoms with Crippen LogP contribution in [-0.2, 0) is 28.5 Å². The fourth-order valence-electron chi connectivity index (χ4n) is 6.35. The van der Waals surface area contributed by atoms with Crippen molar-refractivity contribution in [3.05, 3.63) is 0 Å². The second-order valence-electron chi connectivity index (χ2n) is 17.6. The second kappa shape index (κ2) is 17.6. The number of carbonyl (C=O) groups is 2. The fraction of sp³-hybridized carbons (Fsp3) is 0.946. The lowest BCUT2D eigenvalue weighted by molar-refractivity contribution is -0.193. The summed E-state index contributed by atoms with van der Waals surface area (Å²) in [7, 11) is 0. The van der Waals surface area contributed by atoms with Gasteiger partial charge in [0, 0.05) is 32.5 Å². The fourth-order valence-corrected chi connectivity index (χ4v) is 6.35. The van der Waals surface area contributed by atoms with Gasteiger partial charge in [-0.05, 0) is 83.0 Å². The van der Waals surface area contributed by atoms with E-state index in [1.54, 1.807) is 0 Å². The van der Waals surface area contributed by atoms with Crippen molar-refractivity contribution in [2.45, 2.75) is 170 Å². The van der Waals surface area contributed by atoms with Gasteiger partial charge in [0.1, 0.15) is 6.10 Å². The SMILES string of the molecule is CC(=O)OC(CC(C)(C)C(COCCO)OC(C)(C)COC(C)(C)CCO)C(C)(N)C(C)(C)CC(N1CCCCCC1=O)C(C)(C)C. The predicted octanol–water partition coefficient (Wildman–Crippen LogP) is 5.64. The molecule has 10 heteroatoms. The molecule has 0 aromatic rings. The van der Waals surface area contributed by atoms with Gasteiger partial charge in [-0.25, -0.2) is 0 Å². The number of esters is 1. The van der Waals surface area contributed by atoms with E-state index < -0.39 is 45.7 Å². The highest BCUT2D eigenvalue weighted by atomic mass is 16.6. The Balaban J connectivity index is 3.43. The van der Waals surface area contributed by atoms with Crippen LogP contribution in [0.2, 0.25) is 0 Å². The third kappa shape index (κ3) is 13.9. The molecule has 0 saturated carbocycles. The van der Waals surface area contributed by atoms with E-state index in [4.69, 9.17) is 24.7 Å². The maximum absolute atomic E-state index is 13.3. The number of carbonyl (C=O) groups excluding carboxylic acids is 2. The molecule has 0 aromatic carbocycles. The van der Waals surface area contributed by atoms with E-state index in [-0.39, 0.29) is 50.4 Å². The maximum atomic E-state index is 13.3. The monoisotopic (exact) mass is 673 g/mol. The molecule has 1 aliphatic heterocycles. The van der Waals surface area contributed by atoms with E-state index in [9.17, 15) is 19.8 Å². The van der Waals surface area contributed by atoms with Crippen LogP contribution in [0.1, 0.15) is 135 Å². The standard InChI is InChI=1S/C37H72N2O8/c1-27(42)46-29(37(13,38)34(7,8)23-28(32(2,3)4)39-19-16-14-15-17-31(39)43)24-33(5,6)30(25-44-22-21-41)47-36(11,12)26-45-35(9,10)18-20-40/h28-30,40-41H,14-26,38H2,1-13H3. The van der Waals surface area contributed by atoms with E-state index in [2.05, 4.69) is 53.4 Å². The summed E-state index contributed by atoms with van der Waals surface area (Å²) >= 11 is 0. The Hall–Kier alpha value is -1.30. The minimum absolute atomic E-state index is 0.0233. The highest BCUT2D eigenvalue weighted by molar-refractivity contribution is 5.76. The molecule has 0 radical (unpaired) electrons. The molecule has 278 valence electrons. The van der Waals surface area contributed by atoms with E-state index in [1.807, 2.05) is 34.6 Å². The van der Waals surface area contributed by atoms with Crippen molar-refractivity contribution in [1.82, 2.24) is 4.90 Å². The summed E-state index contributed by atoms with van der Waals surface area (Å²) in [5, 5.41) is 18.9. The largest absolute Gasteiger partial charge is 0.461 e. The van der Waals surface area contributed by atoms with Crippen molar-refractivity contribution in [1.29, 1.82) is 0 Å². The minimum Gasteiger partial charge on any atom is -0.461 e. The molecule has 4 unspecified atom stereocenters. The summed E-state index contributed by atoms with van der Waals surface area (Å²) in [6.45, 7) is 27.3. The Morgan fingerprint density at radius 1 is 0.872 bits per heavy atom. The molecule has 1 fully saturated rings. The molecule has 1 rings (SSSR count). The van der Waals surface area contributed by atoms with E-state index >= 15 is 0 Å². The van der Waals surface area contributed by atoms with Crippen LogP contribution < -0.4 is 5.73 Å². The molecule has 1 aliphatic rings. The van der Waals surface area contributed by atoms with Gasteiger partial charge >= 0.3 is 5.97 Å². The zero-order valence-electron chi connectivity index (χ0n) is 32.3. The first kappa shape index (κ1) is 43.7. The Kier molecular flexibility index (Phi) is 16.3. The van der Waals surface area contributed by atoms with Crippen molar-refractivity contribution in [2.75, 3.05) is 39.6 Å². The number of hydrogen-bond donors (Lipinski definition) is 3. The summed E-state index contributed by atoms with van der Waals surface area (Å²) < 4.78 is 24.8. The van der Waals surface area contributed by atoms with Crippen LogP contribution in [0.3, 0.4) is 0 Å². The number of amides is 1. The first-order chi connectivity index (χ1) is 21.3. The minimum atomic E-state index is -0.988. The molecule has 0 aliphatic carbocycles. The summed E-state index contributed by atoms with van der Waals surface area (Å²) in [6.07, 6.45) is 3.89. The molecule has 1 saturated heterocycles. The van der Waals surface area contributed by atoms with Crippen LogP contribution in [0.4, 0.5) is 0 Å². The average Bonchev–Trinajstić information content (AvgIpc) is 3.12. The molecule has 4 atom stereocenters. The van der Waals surface area contributed by atoms with Gasteiger partial charge in [0.15, 0.2) is 0 Å². The Morgan fingerprint density at radius 2 is 1.49 bits per heavy atom. The molecule has 4 N–H and O–H groups in total. The first-order valence-corrected chi connectivity index (χ1v) is 17.7. The van der Waals surface area contributed by atoms with Gasteiger partial charge in [0.25, 0.3) is 0 Å². The quantitative estimate of drug-likeness (QED) is 0.111. The van der Waals surface area contributed by atoms with E-state index in [0.29, 0.717) is 25.7 Å². The molecule has 10 nitrogen and oxygen atoms in total. The zero-order valence-corrected chi connectivity index (χ0v) is 32.3. The Bertz CT molecular complexity index is 970. The van der Waals surface area contributed by atoms with Crippen molar-refractivity contribution in [2.24, 2.45) is 22.0 Å². The number of aliphatic hydroxyl groups is 2. The van der Waals surface area contributed by atoms with Crippen LogP contribution in [0, 0.1) is 16.2 Å². The van der Waals surface area contributed by atoms with Crippen molar-refractivity contribution in [3.8, 4) is 0 Å². The lowest BCUT2D eigenvalue weighted by Crippen LogP contribution is -2.63. The molecule has 0 spiro atoms. The van der Waals surface area contributed by atoms with E-state index in [1.165, 1.54) is 6.92 Å². The van der Waals surface area contributed by atoms with Crippen molar-refractivity contribution >= 4 is 11.9 Å². The Morgan fingerprint density at radius 3 is 2.02 bits per heavy atom. The number of likely N-dealkylation sites (tertiary alicyclic amines) is 1. The van der Waals surface area contributed by atoms with Crippen molar-refractivity contribution in [3.63, 3.8) is 0 Å². The number of hydrogen-bond acceptors (Lipinski definition) is 9. The van der Waals surface area contributed by atoms with Gasteiger partial charge in [-0.2, -0.15) is 0 Å². The summed E-state index contributed by atoms with van der Waals surface area (Å²) in [4.78, 5) is 28.0. The van der Waals surface area contributed by atoms with Crippen LogP contribution in [0.25, 0.3) is 0 Å². The number of nitrogens with zero attached hydrogens (tertiary/aromatic N) is 1. The van der Waals surface area contributed by atoms with Gasteiger partial charge < -0.3 is 39.8 Å². The normalized spacial score (nSPS) is 19.1. The van der Waals surface area contributed by atoms with Crippen LogP contribution in [0.5, 0.6) is 0 Å². The van der Waals surface area contributed by atoms with Crippen LogP contribution in [-0.4, -0.2) is 102 Å². The molecule has 0 aromatic heterocycles. The first-order valence-electron chi connectivity index (χ1n) is 17.7. The molecule has 1 heterocycles. The summed E-state index contributed by atoms with van der Waals surface area (Å²) in [5.41, 5.74) is 3.75. The molecule has 47 heavy (non-hydrogen) atoms.